The number of aromatic nitrogens is 4. The van der Waals surface area contributed by atoms with Crippen LogP contribution in [0.1, 0.15) is 50.1 Å². The number of ketones is 1. The number of nitrogens with two attached hydrogens (primary N) is 1. The number of hydrogen-bond acceptors (Lipinski definition) is 6. The molecule has 158 valence electrons. The number of nitrogens with zero attached hydrogens (tertiary/aromatic N) is 4. The van der Waals surface area contributed by atoms with Gasteiger partial charge in [0.25, 0.3) is 0 Å². The van der Waals surface area contributed by atoms with E-state index >= 15 is 0 Å². The van der Waals surface area contributed by atoms with E-state index in [4.69, 9.17) is 10.5 Å². The highest BCUT2D eigenvalue weighted by Gasteiger charge is 2.22. The zero-order chi connectivity index (χ0) is 22.1. The number of Topliss-reactive ketones (excluding diaryl/α,β-unsaturated/α-hetero) is 1. The van der Waals surface area contributed by atoms with Gasteiger partial charge in [0.15, 0.2) is 11.4 Å². The van der Waals surface area contributed by atoms with Gasteiger partial charge in [-0.2, -0.15) is 0 Å². The Balaban J connectivity index is 2.01. The van der Waals surface area contributed by atoms with Crippen molar-refractivity contribution in [3.05, 3.63) is 71.3 Å². The highest BCUT2D eigenvalue weighted by atomic mass is 16.5. The highest BCUT2D eigenvalue weighted by molar-refractivity contribution is 6.21. The van der Waals surface area contributed by atoms with Crippen molar-refractivity contribution in [2.75, 3.05) is 7.11 Å². The SMILES string of the molecule is CCC(c1ccccc1)c1nnc2cnc3cc(C(C(C)=O)=C(C)N)c(OC)cc3n12. The molecule has 4 aromatic rings. The number of methoxy groups -OCH3 is 1. The summed E-state index contributed by atoms with van der Waals surface area (Å²) in [6, 6.07) is 14.0. The molecule has 2 aromatic carbocycles. The van der Waals surface area contributed by atoms with Crippen molar-refractivity contribution < 1.29 is 9.53 Å². The fourth-order valence-electron chi connectivity index (χ4n) is 4.13. The monoisotopic (exact) mass is 415 g/mol. The van der Waals surface area contributed by atoms with Gasteiger partial charge in [0.1, 0.15) is 11.6 Å². The van der Waals surface area contributed by atoms with Crippen molar-refractivity contribution in [2.45, 2.75) is 33.1 Å². The third-order valence-electron chi connectivity index (χ3n) is 5.51. The van der Waals surface area contributed by atoms with Gasteiger partial charge < -0.3 is 10.5 Å². The van der Waals surface area contributed by atoms with Gasteiger partial charge in [0.2, 0.25) is 0 Å². The van der Waals surface area contributed by atoms with Crippen molar-refractivity contribution >= 4 is 28.0 Å². The Morgan fingerprint density at radius 3 is 2.52 bits per heavy atom. The minimum absolute atomic E-state index is 0.0754. The maximum Gasteiger partial charge on any atom is 0.179 e. The summed E-state index contributed by atoms with van der Waals surface area (Å²) in [7, 11) is 1.58. The van der Waals surface area contributed by atoms with Crippen LogP contribution in [0.25, 0.3) is 22.3 Å². The minimum atomic E-state index is -0.126. The molecule has 0 amide bonds. The molecule has 7 nitrogen and oxygen atoms in total. The van der Waals surface area contributed by atoms with Crippen LogP contribution in [0.4, 0.5) is 0 Å². The van der Waals surface area contributed by atoms with E-state index in [1.807, 2.05) is 34.7 Å². The number of rotatable bonds is 6. The first-order chi connectivity index (χ1) is 15.0. The lowest BCUT2D eigenvalue weighted by molar-refractivity contribution is -0.111. The van der Waals surface area contributed by atoms with Gasteiger partial charge in [0.05, 0.1) is 24.3 Å². The predicted molar refractivity (Wildman–Crippen MR) is 121 cm³/mol. The largest absolute Gasteiger partial charge is 0.496 e. The molecular formula is C24H25N5O2. The maximum absolute atomic E-state index is 12.3. The quantitative estimate of drug-likeness (QED) is 0.476. The molecule has 31 heavy (non-hydrogen) atoms. The van der Waals surface area contributed by atoms with Crippen LogP contribution in [0.5, 0.6) is 5.75 Å². The number of benzene rings is 2. The molecule has 1 unspecified atom stereocenters. The van der Waals surface area contributed by atoms with E-state index in [0.29, 0.717) is 33.7 Å². The molecule has 0 aliphatic rings. The first kappa shape index (κ1) is 20.5. The molecule has 0 aliphatic heterocycles. The van der Waals surface area contributed by atoms with E-state index in [2.05, 4.69) is 34.2 Å². The van der Waals surface area contributed by atoms with E-state index in [-0.39, 0.29) is 11.7 Å². The van der Waals surface area contributed by atoms with E-state index in [0.717, 1.165) is 17.8 Å². The second-order valence-electron chi connectivity index (χ2n) is 7.54. The Morgan fingerprint density at radius 1 is 1.16 bits per heavy atom. The number of fused-ring (bicyclic) bond motifs is 3. The number of carbonyl (C=O) groups excluding carboxylic acids is 1. The summed E-state index contributed by atoms with van der Waals surface area (Å²) in [6.45, 7) is 5.34. The Bertz CT molecular complexity index is 1300. The summed E-state index contributed by atoms with van der Waals surface area (Å²) >= 11 is 0. The van der Waals surface area contributed by atoms with Crippen molar-refractivity contribution in [2.24, 2.45) is 5.73 Å². The third-order valence-corrected chi connectivity index (χ3v) is 5.51. The Morgan fingerprint density at radius 2 is 1.90 bits per heavy atom. The van der Waals surface area contributed by atoms with Crippen molar-refractivity contribution in [3.8, 4) is 5.75 Å². The average molecular weight is 415 g/mol. The Kier molecular flexibility index (Phi) is 5.42. The van der Waals surface area contributed by atoms with Crippen LogP contribution < -0.4 is 10.5 Å². The average Bonchev–Trinajstić information content (AvgIpc) is 3.18. The number of ether oxygens (including phenoxy) is 1. The number of carbonyl (C=O) groups is 1. The molecule has 4 rings (SSSR count). The van der Waals surface area contributed by atoms with E-state index in [9.17, 15) is 4.79 Å². The Hall–Kier alpha value is -3.74. The van der Waals surface area contributed by atoms with Crippen LogP contribution in [0.15, 0.2) is 54.4 Å². The second-order valence-corrected chi connectivity index (χ2v) is 7.54. The van der Waals surface area contributed by atoms with Gasteiger partial charge in [-0.25, -0.2) is 0 Å². The molecule has 0 spiro atoms. The minimum Gasteiger partial charge on any atom is -0.496 e. The van der Waals surface area contributed by atoms with Gasteiger partial charge in [0, 0.05) is 28.8 Å². The van der Waals surface area contributed by atoms with Crippen LogP contribution in [0, 0.1) is 0 Å². The van der Waals surface area contributed by atoms with Gasteiger partial charge in [-0.3, -0.25) is 14.2 Å². The summed E-state index contributed by atoms with van der Waals surface area (Å²) in [5.41, 5.74) is 10.8. The number of allylic oxidation sites excluding steroid dienone is 2. The van der Waals surface area contributed by atoms with Gasteiger partial charge in [-0.05, 0) is 31.9 Å². The van der Waals surface area contributed by atoms with E-state index < -0.39 is 0 Å². The molecular weight excluding hydrogens is 390 g/mol. The first-order valence-corrected chi connectivity index (χ1v) is 10.2. The van der Waals surface area contributed by atoms with Crippen LogP contribution in [0.2, 0.25) is 0 Å². The van der Waals surface area contributed by atoms with Crippen LogP contribution >= 0.6 is 0 Å². The molecule has 0 bridgehead atoms. The van der Waals surface area contributed by atoms with E-state index in [1.165, 1.54) is 12.5 Å². The standard InChI is InChI=1S/C24H25N5O2/c1-5-17(16-9-7-6-8-10-16)24-28-27-22-13-26-19-11-18(23(14(2)25)15(3)30)21(31-4)12-20(19)29(22)24/h6-13,17H,5,25H2,1-4H3. The molecule has 1 atom stereocenters. The summed E-state index contributed by atoms with van der Waals surface area (Å²) < 4.78 is 7.66. The van der Waals surface area contributed by atoms with Crippen LogP contribution in [-0.4, -0.2) is 32.5 Å². The molecule has 0 saturated heterocycles. The predicted octanol–water partition coefficient (Wildman–Crippen LogP) is 4.11. The number of hydrogen-bond donors (Lipinski definition) is 1. The molecule has 2 aromatic heterocycles. The molecule has 0 radical (unpaired) electrons. The zero-order valence-corrected chi connectivity index (χ0v) is 18.1. The van der Waals surface area contributed by atoms with Crippen molar-refractivity contribution in [1.82, 2.24) is 19.6 Å². The molecule has 2 heterocycles. The van der Waals surface area contributed by atoms with Gasteiger partial charge in [-0.1, -0.05) is 37.3 Å². The first-order valence-electron chi connectivity index (χ1n) is 10.2. The summed E-state index contributed by atoms with van der Waals surface area (Å²) in [5.74, 6) is 1.33. The lowest BCUT2D eigenvalue weighted by atomic mass is 9.95. The summed E-state index contributed by atoms with van der Waals surface area (Å²) in [6.07, 6.45) is 2.56. The summed E-state index contributed by atoms with van der Waals surface area (Å²) in [5, 5.41) is 8.87. The molecule has 0 aliphatic carbocycles. The molecule has 0 fully saturated rings. The fraction of sp³-hybridized carbons (Fsp3) is 0.250. The topological polar surface area (TPSA) is 95.4 Å². The van der Waals surface area contributed by atoms with Crippen molar-refractivity contribution in [3.63, 3.8) is 0 Å². The lowest BCUT2D eigenvalue weighted by Crippen LogP contribution is -2.09. The zero-order valence-electron chi connectivity index (χ0n) is 18.1. The van der Waals surface area contributed by atoms with Gasteiger partial charge in [-0.15, -0.1) is 10.2 Å². The third kappa shape index (κ3) is 3.52. The summed E-state index contributed by atoms with van der Waals surface area (Å²) in [4.78, 5) is 16.8. The maximum atomic E-state index is 12.3. The van der Waals surface area contributed by atoms with Crippen LogP contribution in [0.3, 0.4) is 0 Å². The van der Waals surface area contributed by atoms with Crippen molar-refractivity contribution in [1.29, 1.82) is 0 Å². The normalized spacial score (nSPS) is 13.3. The second kappa shape index (κ2) is 8.18. The smallest absolute Gasteiger partial charge is 0.179 e. The van der Waals surface area contributed by atoms with Crippen LogP contribution in [-0.2, 0) is 4.79 Å². The molecule has 0 saturated carbocycles. The van der Waals surface area contributed by atoms with Gasteiger partial charge >= 0.3 is 0 Å². The molecule has 7 heteroatoms. The fourth-order valence-corrected chi connectivity index (χ4v) is 4.13. The Labute approximate surface area is 180 Å². The lowest BCUT2D eigenvalue weighted by Gasteiger charge is -2.16. The highest BCUT2D eigenvalue weighted by Crippen LogP contribution is 2.34. The van der Waals surface area contributed by atoms with E-state index in [1.54, 1.807) is 20.2 Å². The molecule has 2 N–H and O–H groups in total.